The van der Waals surface area contributed by atoms with Crippen LogP contribution >= 0.6 is 0 Å². The molecule has 2 aromatic carbocycles. The maximum atomic E-state index is 13.1. The Morgan fingerprint density at radius 1 is 0.938 bits per heavy atom. The van der Waals surface area contributed by atoms with Crippen molar-refractivity contribution in [2.45, 2.75) is 17.1 Å². The minimum absolute atomic E-state index is 0.0356. The molecule has 2 aromatic rings. The number of allylic oxidation sites excluding steroid dienone is 1. The van der Waals surface area contributed by atoms with Crippen molar-refractivity contribution in [1.82, 2.24) is 0 Å². The van der Waals surface area contributed by atoms with Crippen LogP contribution in [0.3, 0.4) is 0 Å². The number of benzene rings is 2. The van der Waals surface area contributed by atoms with Gasteiger partial charge in [0, 0.05) is 0 Å². The molecule has 0 saturated heterocycles. The van der Waals surface area contributed by atoms with Gasteiger partial charge in [0.2, 0.25) is 0 Å². The molecule has 8 heteroatoms. The van der Waals surface area contributed by atoms with Crippen molar-refractivity contribution in [2.24, 2.45) is 11.3 Å². The molecule has 0 N–H and O–H groups in total. The average Bonchev–Trinajstić information content (AvgIpc) is 3.17. The molecule has 0 saturated carbocycles. The maximum absolute atomic E-state index is 13.1. The first kappa shape index (κ1) is 23.7. The molecular formula is C24H26O7Se. The Morgan fingerprint density at radius 3 is 2.06 bits per heavy atom. The Bertz CT molecular complexity index is 1090. The van der Waals surface area contributed by atoms with Crippen LogP contribution in [-0.2, 0) is 32.1 Å². The first-order valence-electron chi connectivity index (χ1n) is 10.0. The summed E-state index contributed by atoms with van der Waals surface area (Å²) in [6, 6.07) is 16.0. The van der Waals surface area contributed by atoms with Gasteiger partial charge in [0.25, 0.3) is 0 Å². The zero-order valence-corrected chi connectivity index (χ0v) is 20.0. The van der Waals surface area contributed by atoms with E-state index in [9.17, 15) is 17.3 Å². The van der Waals surface area contributed by atoms with Crippen molar-refractivity contribution in [3.8, 4) is 5.75 Å². The number of carbonyl (C=O) groups is 2. The van der Waals surface area contributed by atoms with Gasteiger partial charge in [0.1, 0.15) is 0 Å². The van der Waals surface area contributed by atoms with Crippen molar-refractivity contribution >= 4 is 30.2 Å². The summed E-state index contributed by atoms with van der Waals surface area (Å²) in [6.45, 7) is 0. The van der Waals surface area contributed by atoms with Gasteiger partial charge in [0.05, 0.1) is 0 Å². The van der Waals surface area contributed by atoms with Gasteiger partial charge in [-0.2, -0.15) is 0 Å². The number of rotatable bonds is 8. The summed E-state index contributed by atoms with van der Waals surface area (Å²) in [4.78, 5) is 25.4. The molecule has 32 heavy (non-hydrogen) atoms. The van der Waals surface area contributed by atoms with Crippen LogP contribution in [0.15, 0.2) is 60.7 Å². The van der Waals surface area contributed by atoms with Gasteiger partial charge in [-0.15, -0.1) is 0 Å². The first-order chi connectivity index (χ1) is 15.2. The minimum atomic E-state index is -4.43. The van der Waals surface area contributed by atoms with Crippen molar-refractivity contribution in [2.75, 3.05) is 21.3 Å². The molecule has 0 aromatic heterocycles. The second-order valence-electron chi connectivity index (χ2n) is 7.72. The Hall–Kier alpha value is -2.96. The second kappa shape index (κ2) is 9.67. The predicted octanol–water partition coefficient (Wildman–Crippen LogP) is 3.52. The molecule has 0 radical (unpaired) electrons. The third-order valence-electron chi connectivity index (χ3n) is 5.62. The summed E-state index contributed by atoms with van der Waals surface area (Å²) in [5.74, 6) is -1.47. The Kier molecular flexibility index (Phi) is 7.16. The number of carbonyl (C=O) groups excluding carboxylic acids is 2. The second-order valence-corrected chi connectivity index (χ2v) is 12.1. The van der Waals surface area contributed by atoms with E-state index in [0.29, 0.717) is 22.4 Å². The van der Waals surface area contributed by atoms with E-state index in [0.717, 1.165) is 0 Å². The average molecular weight is 505 g/mol. The van der Waals surface area contributed by atoms with E-state index in [-0.39, 0.29) is 17.1 Å². The van der Waals surface area contributed by atoms with Gasteiger partial charge in [-0.25, -0.2) is 0 Å². The molecule has 1 aliphatic rings. The van der Waals surface area contributed by atoms with Gasteiger partial charge >= 0.3 is 189 Å². The third-order valence-corrected chi connectivity index (χ3v) is 9.15. The van der Waals surface area contributed by atoms with Crippen molar-refractivity contribution < 1.29 is 31.5 Å². The molecule has 0 aliphatic heterocycles. The number of ether oxygens (including phenoxy) is 3. The van der Waals surface area contributed by atoms with E-state index in [4.69, 9.17) is 14.2 Å². The van der Waals surface area contributed by atoms with Crippen molar-refractivity contribution in [3.05, 3.63) is 71.8 Å². The summed E-state index contributed by atoms with van der Waals surface area (Å²) in [5.41, 5.74) is 0.323. The monoisotopic (exact) mass is 506 g/mol. The van der Waals surface area contributed by atoms with E-state index >= 15 is 0 Å². The molecule has 0 amide bonds. The first-order valence-corrected chi connectivity index (χ1v) is 13.8. The van der Waals surface area contributed by atoms with Crippen LogP contribution in [0, 0.1) is 11.3 Å². The number of methoxy groups -OCH3 is 3. The van der Waals surface area contributed by atoms with Crippen LogP contribution in [0.2, 0.25) is 5.32 Å². The molecule has 1 aliphatic carbocycles. The van der Waals surface area contributed by atoms with Crippen LogP contribution < -0.4 is 4.74 Å². The third kappa shape index (κ3) is 4.92. The van der Waals surface area contributed by atoms with Crippen LogP contribution in [0.4, 0.5) is 0 Å². The van der Waals surface area contributed by atoms with Gasteiger partial charge < -0.3 is 0 Å². The van der Waals surface area contributed by atoms with E-state index in [1.54, 1.807) is 55.6 Å². The predicted molar refractivity (Wildman–Crippen MR) is 118 cm³/mol. The summed E-state index contributed by atoms with van der Waals surface area (Å²) in [7, 11) is 3.93. The molecule has 1 unspecified atom stereocenters. The van der Waals surface area contributed by atoms with Crippen LogP contribution in [-0.4, -0.2) is 46.0 Å². The van der Waals surface area contributed by atoms with E-state index in [2.05, 4.69) is 0 Å². The van der Waals surface area contributed by atoms with Crippen molar-refractivity contribution in [1.29, 1.82) is 0 Å². The number of hydrogen-bond acceptors (Lipinski definition) is 7. The zero-order valence-electron chi connectivity index (χ0n) is 18.2. The van der Waals surface area contributed by atoms with Gasteiger partial charge in [-0.3, -0.25) is 0 Å². The van der Waals surface area contributed by atoms with Gasteiger partial charge in [-0.05, 0) is 0 Å². The fourth-order valence-corrected chi connectivity index (χ4v) is 7.74. The van der Waals surface area contributed by atoms with Crippen LogP contribution in [0.5, 0.6) is 5.75 Å². The van der Waals surface area contributed by atoms with E-state index in [1.807, 2.05) is 6.07 Å². The molecule has 3 rings (SSSR count). The summed E-state index contributed by atoms with van der Waals surface area (Å²) in [6.07, 6.45) is 1.47. The molecule has 0 fully saturated rings. The van der Waals surface area contributed by atoms with Gasteiger partial charge in [-0.1, -0.05) is 0 Å². The zero-order chi connectivity index (χ0) is 23.4. The normalized spacial score (nSPS) is 17.3. The SMILES string of the molecule is COC(=O)C1(C(=O)OC)C=C(c2ccc(OC)cc2)C(C[Se](=O)(=O)Cc2ccccc2)C1. The Balaban J connectivity index is 2.01. The van der Waals surface area contributed by atoms with Crippen LogP contribution in [0.25, 0.3) is 5.57 Å². The molecule has 0 heterocycles. The topological polar surface area (TPSA) is 96.0 Å². The fraction of sp³-hybridized carbons (Fsp3) is 0.333. The van der Waals surface area contributed by atoms with E-state index in [1.165, 1.54) is 20.3 Å². The molecule has 170 valence electrons. The van der Waals surface area contributed by atoms with E-state index < -0.39 is 36.0 Å². The molecule has 0 spiro atoms. The van der Waals surface area contributed by atoms with Crippen molar-refractivity contribution in [3.63, 3.8) is 0 Å². The molecule has 7 nitrogen and oxygen atoms in total. The molecule has 1 atom stereocenters. The molecular weight excluding hydrogens is 479 g/mol. The quantitative estimate of drug-likeness (QED) is 0.308. The summed E-state index contributed by atoms with van der Waals surface area (Å²) < 4.78 is 41.2. The fourth-order valence-electron chi connectivity index (χ4n) is 4.12. The molecule has 0 bridgehead atoms. The standard InChI is InChI=1S/C24H26O7Se/c1-29-20-11-9-18(10-12-20)21-14-24(22(25)30-2,23(26)31-3)13-19(21)16-32(27,28)15-17-7-5-4-6-8-17/h4-12,14,19H,13,15-16H2,1-3H3. The van der Waals surface area contributed by atoms with Gasteiger partial charge in [0.15, 0.2) is 0 Å². The Labute approximate surface area is 189 Å². The summed E-state index contributed by atoms with van der Waals surface area (Å²) >= 11 is -4.43. The Morgan fingerprint density at radius 2 is 1.53 bits per heavy atom. The summed E-state index contributed by atoms with van der Waals surface area (Å²) in [5, 5.41) is -0.216. The van der Waals surface area contributed by atoms with Crippen LogP contribution in [0.1, 0.15) is 17.5 Å². The number of hydrogen-bond donors (Lipinski definition) is 0. The number of esters is 2.